The Morgan fingerprint density at radius 2 is 1.53 bits per heavy atom. The number of hydrogen-bond acceptors (Lipinski definition) is 2. The Hall–Kier alpha value is -0.0800. The molecule has 0 spiro atoms. The monoisotopic (exact) mass is 238 g/mol. The highest BCUT2D eigenvalue weighted by Gasteiger charge is 2.37. The van der Waals surface area contributed by atoms with Crippen molar-refractivity contribution in [1.82, 2.24) is 10.2 Å². The Balaban J connectivity index is 1.91. The smallest absolute Gasteiger partial charge is 0.00332 e. The summed E-state index contributed by atoms with van der Waals surface area (Å²) in [4.78, 5) is 2.74. The summed E-state index contributed by atoms with van der Waals surface area (Å²) in [5.41, 5.74) is 0.989. The second-order valence-electron chi connectivity index (χ2n) is 7.87. The highest BCUT2D eigenvalue weighted by atomic mass is 15.2. The van der Waals surface area contributed by atoms with E-state index in [0.29, 0.717) is 10.8 Å². The maximum absolute atomic E-state index is 3.47. The van der Waals surface area contributed by atoms with Gasteiger partial charge < -0.3 is 10.2 Å². The summed E-state index contributed by atoms with van der Waals surface area (Å²) in [6.45, 7) is 16.1. The van der Waals surface area contributed by atoms with Gasteiger partial charge in [-0.15, -0.1) is 0 Å². The number of nitrogens with zero attached hydrogens (tertiary/aromatic N) is 1. The average molecular weight is 238 g/mol. The molecule has 0 atom stereocenters. The van der Waals surface area contributed by atoms with Crippen molar-refractivity contribution in [2.24, 2.45) is 16.7 Å². The topological polar surface area (TPSA) is 15.3 Å². The molecule has 0 aromatic carbocycles. The molecular formula is C15H30N2. The van der Waals surface area contributed by atoms with Crippen LogP contribution in [0.2, 0.25) is 0 Å². The lowest BCUT2D eigenvalue weighted by Crippen LogP contribution is -2.50. The van der Waals surface area contributed by atoms with Crippen molar-refractivity contribution in [1.29, 1.82) is 0 Å². The molecule has 2 saturated heterocycles. The minimum absolute atomic E-state index is 0.495. The van der Waals surface area contributed by atoms with Crippen LogP contribution in [0.15, 0.2) is 0 Å². The van der Waals surface area contributed by atoms with Crippen LogP contribution < -0.4 is 5.32 Å². The number of piperidine rings is 2. The highest BCUT2D eigenvalue weighted by molar-refractivity contribution is 4.90. The maximum Gasteiger partial charge on any atom is 0.00332 e. The van der Waals surface area contributed by atoms with Crippen LogP contribution >= 0.6 is 0 Å². The lowest BCUT2D eigenvalue weighted by atomic mass is 9.71. The Labute approximate surface area is 107 Å². The summed E-state index contributed by atoms with van der Waals surface area (Å²) in [5, 5.41) is 3.47. The van der Waals surface area contributed by atoms with E-state index in [0.717, 1.165) is 5.92 Å². The summed E-state index contributed by atoms with van der Waals surface area (Å²) in [6, 6.07) is 0. The summed E-state index contributed by atoms with van der Waals surface area (Å²) >= 11 is 0. The molecule has 0 unspecified atom stereocenters. The minimum Gasteiger partial charge on any atom is -0.317 e. The molecule has 100 valence electrons. The van der Waals surface area contributed by atoms with Crippen LogP contribution in [0.1, 0.15) is 47.0 Å². The van der Waals surface area contributed by atoms with Gasteiger partial charge in [0.2, 0.25) is 0 Å². The van der Waals surface area contributed by atoms with E-state index in [1.165, 1.54) is 52.0 Å². The molecular weight excluding hydrogens is 208 g/mol. The second-order valence-corrected chi connectivity index (χ2v) is 7.87. The van der Waals surface area contributed by atoms with Gasteiger partial charge in [-0.3, -0.25) is 0 Å². The molecule has 2 aliphatic rings. The van der Waals surface area contributed by atoms with E-state index in [9.17, 15) is 0 Å². The molecule has 0 bridgehead atoms. The first-order chi connectivity index (χ1) is 7.86. The maximum atomic E-state index is 3.47. The fourth-order valence-electron chi connectivity index (χ4n) is 4.23. The molecule has 17 heavy (non-hydrogen) atoms. The van der Waals surface area contributed by atoms with Gasteiger partial charge in [-0.25, -0.2) is 0 Å². The minimum atomic E-state index is 0.495. The summed E-state index contributed by atoms with van der Waals surface area (Å²) in [5.74, 6) is 0.931. The first-order valence-electron chi connectivity index (χ1n) is 7.29. The average Bonchev–Trinajstić information content (AvgIpc) is 2.13. The fraction of sp³-hybridized carbons (Fsp3) is 1.00. The third kappa shape index (κ3) is 3.96. The van der Waals surface area contributed by atoms with Crippen LogP contribution in [0.25, 0.3) is 0 Å². The fourth-order valence-corrected chi connectivity index (χ4v) is 4.23. The Kier molecular flexibility index (Phi) is 3.84. The molecule has 2 nitrogen and oxygen atoms in total. The molecule has 0 aromatic heterocycles. The van der Waals surface area contributed by atoms with E-state index < -0.39 is 0 Å². The first kappa shape index (κ1) is 13.4. The van der Waals surface area contributed by atoms with Crippen molar-refractivity contribution in [3.8, 4) is 0 Å². The van der Waals surface area contributed by atoms with E-state index in [2.05, 4.69) is 37.9 Å². The van der Waals surface area contributed by atoms with Crippen LogP contribution in [-0.4, -0.2) is 37.6 Å². The molecule has 2 fully saturated rings. The zero-order valence-electron chi connectivity index (χ0n) is 12.2. The van der Waals surface area contributed by atoms with Gasteiger partial charge in [-0.05, 0) is 49.1 Å². The van der Waals surface area contributed by atoms with E-state index in [4.69, 9.17) is 0 Å². The Morgan fingerprint density at radius 3 is 2.06 bits per heavy atom. The molecule has 0 saturated carbocycles. The second kappa shape index (κ2) is 4.89. The molecule has 2 heteroatoms. The van der Waals surface area contributed by atoms with Crippen molar-refractivity contribution in [3.05, 3.63) is 0 Å². The van der Waals surface area contributed by atoms with Crippen molar-refractivity contribution in [2.75, 3.05) is 32.7 Å². The van der Waals surface area contributed by atoms with E-state index >= 15 is 0 Å². The molecule has 0 aromatic rings. The van der Waals surface area contributed by atoms with Gasteiger partial charge in [0.25, 0.3) is 0 Å². The molecule has 0 radical (unpaired) electrons. The van der Waals surface area contributed by atoms with E-state index in [1.54, 1.807) is 0 Å². The molecule has 2 rings (SSSR count). The third-order valence-electron chi connectivity index (χ3n) is 4.24. The Morgan fingerprint density at radius 1 is 1.00 bits per heavy atom. The highest BCUT2D eigenvalue weighted by Crippen LogP contribution is 2.40. The summed E-state index contributed by atoms with van der Waals surface area (Å²) < 4.78 is 0. The van der Waals surface area contributed by atoms with Gasteiger partial charge in [0.15, 0.2) is 0 Å². The van der Waals surface area contributed by atoms with Gasteiger partial charge in [0.1, 0.15) is 0 Å². The SMILES string of the molecule is CC1(C)CN(CC2CCNCC2)CC(C)(C)C1. The predicted molar refractivity (Wildman–Crippen MR) is 74.2 cm³/mol. The van der Waals surface area contributed by atoms with Crippen molar-refractivity contribution < 1.29 is 0 Å². The van der Waals surface area contributed by atoms with Gasteiger partial charge in [0.05, 0.1) is 0 Å². The van der Waals surface area contributed by atoms with Gasteiger partial charge in [-0.1, -0.05) is 27.7 Å². The van der Waals surface area contributed by atoms with Crippen LogP contribution in [0, 0.1) is 16.7 Å². The van der Waals surface area contributed by atoms with Crippen molar-refractivity contribution in [2.45, 2.75) is 47.0 Å². The predicted octanol–water partition coefficient (Wildman–Crippen LogP) is 2.74. The van der Waals surface area contributed by atoms with Crippen LogP contribution in [0.4, 0.5) is 0 Å². The van der Waals surface area contributed by atoms with Crippen LogP contribution in [-0.2, 0) is 0 Å². The zero-order valence-corrected chi connectivity index (χ0v) is 12.2. The lowest BCUT2D eigenvalue weighted by Gasteiger charge is -2.48. The number of hydrogen-bond donors (Lipinski definition) is 1. The standard InChI is InChI=1S/C15H30N2/c1-14(2)10-15(3,4)12-17(11-14)9-13-5-7-16-8-6-13/h13,16H,5-12H2,1-4H3. The quantitative estimate of drug-likeness (QED) is 0.796. The first-order valence-corrected chi connectivity index (χ1v) is 7.29. The largest absolute Gasteiger partial charge is 0.317 e. The third-order valence-corrected chi connectivity index (χ3v) is 4.24. The van der Waals surface area contributed by atoms with Gasteiger partial charge in [0, 0.05) is 19.6 Å². The molecule has 1 N–H and O–H groups in total. The molecule has 0 aliphatic carbocycles. The van der Waals surface area contributed by atoms with Crippen LogP contribution in [0.5, 0.6) is 0 Å². The van der Waals surface area contributed by atoms with E-state index in [1.807, 2.05) is 0 Å². The number of likely N-dealkylation sites (tertiary alicyclic amines) is 1. The van der Waals surface area contributed by atoms with Crippen LogP contribution in [0.3, 0.4) is 0 Å². The lowest BCUT2D eigenvalue weighted by molar-refractivity contribution is 0.0162. The molecule has 2 aliphatic heterocycles. The molecule has 0 amide bonds. The summed E-state index contributed by atoms with van der Waals surface area (Å²) in [6.07, 6.45) is 4.11. The zero-order chi connectivity index (χ0) is 12.5. The van der Waals surface area contributed by atoms with Gasteiger partial charge in [-0.2, -0.15) is 0 Å². The van der Waals surface area contributed by atoms with Crippen molar-refractivity contribution >= 4 is 0 Å². The van der Waals surface area contributed by atoms with Gasteiger partial charge >= 0.3 is 0 Å². The summed E-state index contributed by atoms with van der Waals surface area (Å²) in [7, 11) is 0. The van der Waals surface area contributed by atoms with Crippen molar-refractivity contribution in [3.63, 3.8) is 0 Å². The number of rotatable bonds is 2. The van der Waals surface area contributed by atoms with E-state index in [-0.39, 0.29) is 0 Å². The number of nitrogens with one attached hydrogen (secondary N) is 1. The molecule has 2 heterocycles. The Bertz CT molecular complexity index is 236. The normalized spacial score (nSPS) is 30.4.